The van der Waals surface area contributed by atoms with Crippen LogP contribution in [-0.2, 0) is 12.8 Å². The van der Waals surface area contributed by atoms with Gasteiger partial charge in [-0.2, -0.15) is 0 Å². The molecule has 0 fully saturated rings. The highest BCUT2D eigenvalue weighted by molar-refractivity contribution is 5.83. The zero-order valence-corrected chi connectivity index (χ0v) is 14.2. The number of anilines is 3. The maximum atomic E-state index is 6.06. The number of benzene rings is 1. The van der Waals surface area contributed by atoms with E-state index < -0.39 is 0 Å². The smallest absolute Gasteiger partial charge is 0.146 e. The third kappa shape index (κ3) is 2.29. The van der Waals surface area contributed by atoms with Crippen molar-refractivity contribution >= 4 is 17.3 Å². The number of pyridine rings is 2. The van der Waals surface area contributed by atoms with Crippen LogP contribution in [0.25, 0.3) is 0 Å². The Balaban J connectivity index is 1.77. The first-order valence-electron chi connectivity index (χ1n) is 8.75. The molecule has 0 unspecified atom stereocenters. The standard InChI is InChI=1S/C21H19N3O/c1-14-11-17-12-16-6-3-9-22-20(16)24(21(17)23-13-14)18-8-2-5-15-7-4-10-25-19(15)18/h2-3,5-6,8-9,11,13H,4,7,10,12H2,1H3. The van der Waals surface area contributed by atoms with Gasteiger partial charge in [0.2, 0.25) is 0 Å². The summed E-state index contributed by atoms with van der Waals surface area (Å²) in [4.78, 5) is 11.6. The molecule has 0 aliphatic carbocycles. The summed E-state index contributed by atoms with van der Waals surface area (Å²) in [5, 5.41) is 0. The molecule has 4 heterocycles. The van der Waals surface area contributed by atoms with Crippen molar-refractivity contribution in [3.8, 4) is 5.75 Å². The zero-order valence-electron chi connectivity index (χ0n) is 14.2. The molecule has 0 saturated heterocycles. The molecular weight excluding hydrogens is 310 g/mol. The molecule has 2 aliphatic rings. The van der Waals surface area contributed by atoms with Gasteiger partial charge in [-0.1, -0.05) is 24.3 Å². The van der Waals surface area contributed by atoms with Crippen LogP contribution in [0.1, 0.15) is 28.7 Å². The van der Waals surface area contributed by atoms with Crippen LogP contribution in [0.4, 0.5) is 17.3 Å². The highest BCUT2D eigenvalue weighted by atomic mass is 16.5. The van der Waals surface area contributed by atoms with E-state index in [0.717, 1.165) is 48.9 Å². The molecule has 0 spiro atoms. The number of para-hydroxylation sites is 1. The molecular formula is C21H19N3O. The van der Waals surface area contributed by atoms with Crippen molar-refractivity contribution in [2.75, 3.05) is 11.5 Å². The summed E-state index contributed by atoms with van der Waals surface area (Å²) in [6, 6.07) is 12.7. The molecule has 2 aromatic heterocycles. The Labute approximate surface area is 147 Å². The van der Waals surface area contributed by atoms with E-state index in [0.29, 0.717) is 0 Å². The maximum Gasteiger partial charge on any atom is 0.146 e. The molecule has 4 heteroatoms. The molecule has 5 rings (SSSR count). The minimum absolute atomic E-state index is 0.765. The highest BCUT2D eigenvalue weighted by Crippen LogP contribution is 2.46. The van der Waals surface area contributed by atoms with Gasteiger partial charge in [0.25, 0.3) is 0 Å². The second-order valence-corrected chi connectivity index (χ2v) is 6.71. The highest BCUT2D eigenvalue weighted by Gasteiger charge is 2.29. The molecule has 0 radical (unpaired) electrons. The van der Waals surface area contributed by atoms with Gasteiger partial charge in [-0.05, 0) is 48.6 Å². The number of ether oxygens (including phenoxy) is 1. The van der Waals surface area contributed by atoms with E-state index in [-0.39, 0.29) is 0 Å². The molecule has 1 aromatic carbocycles. The van der Waals surface area contributed by atoms with Crippen molar-refractivity contribution in [1.82, 2.24) is 9.97 Å². The van der Waals surface area contributed by atoms with Gasteiger partial charge in [0.05, 0.1) is 12.3 Å². The summed E-state index contributed by atoms with van der Waals surface area (Å²) in [6.45, 7) is 2.85. The topological polar surface area (TPSA) is 38.2 Å². The van der Waals surface area contributed by atoms with E-state index in [4.69, 9.17) is 9.72 Å². The lowest BCUT2D eigenvalue weighted by molar-refractivity contribution is 0.289. The third-order valence-electron chi connectivity index (χ3n) is 4.91. The second kappa shape index (κ2) is 5.59. The lowest BCUT2D eigenvalue weighted by Crippen LogP contribution is -2.23. The van der Waals surface area contributed by atoms with Crippen LogP contribution >= 0.6 is 0 Å². The SMILES string of the molecule is Cc1cnc2c(c1)Cc1cccnc1N2c1cccc2c1OCCC2. The Bertz CT molecular complexity index is 967. The van der Waals surface area contributed by atoms with Crippen molar-refractivity contribution in [1.29, 1.82) is 0 Å². The zero-order chi connectivity index (χ0) is 16.8. The van der Waals surface area contributed by atoms with Gasteiger partial charge in [-0.3, -0.25) is 4.90 Å². The Morgan fingerprint density at radius 1 is 1.00 bits per heavy atom. The lowest BCUT2D eigenvalue weighted by Gasteiger charge is -2.33. The Kier molecular flexibility index (Phi) is 3.23. The predicted octanol–water partition coefficient (Wildman–Crippen LogP) is 4.48. The number of hydrogen-bond acceptors (Lipinski definition) is 4. The van der Waals surface area contributed by atoms with E-state index in [9.17, 15) is 0 Å². The molecule has 2 aliphatic heterocycles. The van der Waals surface area contributed by atoms with Crippen LogP contribution in [0.15, 0.2) is 48.8 Å². The summed E-state index contributed by atoms with van der Waals surface area (Å²) in [5.74, 6) is 2.88. The molecule has 0 atom stereocenters. The molecule has 4 nitrogen and oxygen atoms in total. The molecule has 0 N–H and O–H groups in total. The first-order valence-corrected chi connectivity index (χ1v) is 8.75. The first kappa shape index (κ1) is 14.5. The van der Waals surface area contributed by atoms with E-state index in [1.54, 1.807) is 0 Å². The summed E-state index contributed by atoms with van der Waals surface area (Å²) >= 11 is 0. The van der Waals surface area contributed by atoms with Gasteiger partial charge in [0.1, 0.15) is 17.4 Å². The maximum absolute atomic E-state index is 6.06. The quantitative estimate of drug-likeness (QED) is 0.516. The number of fused-ring (bicyclic) bond motifs is 3. The van der Waals surface area contributed by atoms with Crippen LogP contribution < -0.4 is 9.64 Å². The van der Waals surface area contributed by atoms with Crippen molar-refractivity contribution in [2.45, 2.75) is 26.2 Å². The van der Waals surface area contributed by atoms with Gasteiger partial charge in [-0.15, -0.1) is 0 Å². The minimum Gasteiger partial charge on any atom is -0.491 e. The second-order valence-electron chi connectivity index (χ2n) is 6.71. The van der Waals surface area contributed by atoms with Crippen molar-refractivity contribution in [3.05, 3.63) is 71.0 Å². The van der Waals surface area contributed by atoms with Gasteiger partial charge in [-0.25, -0.2) is 9.97 Å². The largest absolute Gasteiger partial charge is 0.491 e. The van der Waals surface area contributed by atoms with Gasteiger partial charge >= 0.3 is 0 Å². The number of aromatic nitrogens is 2. The fourth-order valence-corrected chi connectivity index (χ4v) is 3.80. The van der Waals surface area contributed by atoms with E-state index in [1.807, 2.05) is 18.5 Å². The van der Waals surface area contributed by atoms with Crippen LogP contribution in [0.2, 0.25) is 0 Å². The van der Waals surface area contributed by atoms with Crippen LogP contribution in [0.5, 0.6) is 5.75 Å². The number of aryl methyl sites for hydroxylation is 2. The van der Waals surface area contributed by atoms with E-state index in [2.05, 4.69) is 47.1 Å². The Hall–Kier alpha value is -2.88. The fraction of sp³-hybridized carbons (Fsp3) is 0.238. The fourth-order valence-electron chi connectivity index (χ4n) is 3.80. The number of hydrogen-bond donors (Lipinski definition) is 0. The van der Waals surface area contributed by atoms with E-state index >= 15 is 0 Å². The molecule has 25 heavy (non-hydrogen) atoms. The van der Waals surface area contributed by atoms with Crippen LogP contribution in [0, 0.1) is 6.92 Å². The summed E-state index contributed by atoms with van der Waals surface area (Å²) in [7, 11) is 0. The Morgan fingerprint density at radius 2 is 1.88 bits per heavy atom. The average molecular weight is 329 g/mol. The van der Waals surface area contributed by atoms with E-state index in [1.165, 1.54) is 22.3 Å². The number of rotatable bonds is 1. The average Bonchev–Trinajstić information content (AvgIpc) is 2.65. The van der Waals surface area contributed by atoms with Gasteiger partial charge < -0.3 is 4.74 Å². The van der Waals surface area contributed by atoms with Crippen molar-refractivity contribution in [3.63, 3.8) is 0 Å². The Morgan fingerprint density at radius 3 is 2.84 bits per heavy atom. The van der Waals surface area contributed by atoms with Crippen molar-refractivity contribution < 1.29 is 4.74 Å². The molecule has 124 valence electrons. The minimum atomic E-state index is 0.765. The summed E-state index contributed by atoms with van der Waals surface area (Å²) < 4.78 is 6.06. The summed E-state index contributed by atoms with van der Waals surface area (Å²) in [6.07, 6.45) is 6.76. The van der Waals surface area contributed by atoms with Gasteiger partial charge in [0.15, 0.2) is 0 Å². The number of nitrogens with zero attached hydrogens (tertiary/aromatic N) is 3. The first-order chi connectivity index (χ1) is 12.3. The predicted molar refractivity (Wildman–Crippen MR) is 98.1 cm³/mol. The van der Waals surface area contributed by atoms with Crippen LogP contribution in [-0.4, -0.2) is 16.6 Å². The van der Waals surface area contributed by atoms with Crippen molar-refractivity contribution in [2.24, 2.45) is 0 Å². The lowest BCUT2D eigenvalue weighted by atomic mass is 9.98. The molecule has 0 bridgehead atoms. The monoisotopic (exact) mass is 329 g/mol. The normalized spacial score (nSPS) is 15.0. The molecule has 3 aromatic rings. The van der Waals surface area contributed by atoms with Gasteiger partial charge in [0, 0.05) is 24.4 Å². The molecule has 0 saturated carbocycles. The summed E-state index contributed by atoms with van der Waals surface area (Å²) in [5.41, 5.74) is 5.93. The molecule has 0 amide bonds. The third-order valence-corrected chi connectivity index (χ3v) is 4.91. The van der Waals surface area contributed by atoms with Crippen LogP contribution in [0.3, 0.4) is 0 Å².